The lowest BCUT2D eigenvalue weighted by atomic mass is 9.77. The van der Waals surface area contributed by atoms with Crippen molar-refractivity contribution in [1.82, 2.24) is 10.2 Å². The maximum atomic E-state index is 13.9. The molecule has 2 unspecified atom stereocenters. The Kier molecular flexibility index (Phi) is 10.9. The second kappa shape index (κ2) is 14.4. The van der Waals surface area contributed by atoms with E-state index in [1.54, 1.807) is 13.0 Å². The lowest BCUT2D eigenvalue weighted by Crippen LogP contribution is -2.54. The molecule has 5 rings (SSSR count). The monoisotopic (exact) mass is 702 g/mol. The Hall–Kier alpha value is -3.42. The van der Waals surface area contributed by atoms with Crippen molar-refractivity contribution in [2.75, 3.05) is 26.4 Å². The van der Waals surface area contributed by atoms with Gasteiger partial charge in [-0.05, 0) is 73.8 Å². The number of aliphatic hydroxyl groups is 1. The summed E-state index contributed by atoms with van der Waals surface area (Å²) in [5.41, 5.74) is -7.04. The number of carbonyl (C=O) groups is 2. The van der Waals surface area contributed by atoms with Gasteiger partial charge in [0.2, 0.25) is 0 Å². The molecule has 3 amide bonds. The fraction of sp³-hybridized carbons (Fsp3) is 0.657. The Morgan fingerprint density at radius 2 is 1.69 bits per heavy atom. The summed E-state index contributed by atoms with van der Waals surface area (Å²) in [5.74, 6) is 0.503. The maximum absolute atomic E-state index is 13.9. The standard InChI is InChI=1S/C35H44F6N2O6/c1-3-10-23-19-25(33(46,34(36,37)38)35(39,40)41)20-26(22-11-6-5-7-12-22)29(23)49-16-9-8-15-43-30(44)32(4-2,42-31(43)45)24-13-14-27-28(21-24)48-18-17-47-27/h13-14,19-20,22,24,46H,3-12,15-18,21H2,1-2H3,(H,42,45). The second-order valence-corrected chi connectivity index (χ2v) is 13.3. The number of hydrogen-bond acceptors (Lipinski definition) is 6. The van der Waals surface area contributed by atoms with E-state index >= 15 is 0 Å². The second-order valence-electron chi connectivity index (χ2n) is 13.3. The van der Waals surface area contributed by atoms with Crippen LogP contribution in [0.3, 0.4) is 0 Å². The average Bonchev–Trinajstić information content (AvgIpc) is 3.32. The average molecular weight is 703 g/mol. The quantitative estimate of drug-likeness (QED) is 0.132. The van der Waals surface area contributed by atoms with Gasteiger partial charge in [0.1, 0.15) is 30.3 Å². The smallest absolute Gasteiger partial charge is 0.430 e. The molecule has 8 nitrogen and oxygen atoms in total. The molecule has 2 aliphatic carbocycles. The SMILES string of the molecule is CCCc1cc(C(O)(C(F)(F)F)C(F)(F)F)cc(C2CCCCC2)c1OCCCCN1C(=O)NC(CC)(C2C=CC3=C(C2)OCCO3)C1=O. The third-order valence-electron chi connectivity index (χ3n) is 10.2. The molecule has 1 aromatic rings. The van der Waals surface area contributed by atoms with Gasteiger partial charge in [0.05, 0.1) is 6.61 Å². The minimum Gasteiger partial charge on any atom is -0.493 e. The van der Waals surface area contributed by atoms with E-state index in [0.717, 1.165) is 31.4 Å². The molecule has 49 heavy (non-hydrogen) atoms. The van der Waals surface area contributed by atoms with Crippen LogP contribution in [0.15, 0.2) is 35.8 Å². The summed E-state index contributed by atoms with van der Waals surface area (Å²) >= 11 is 0. The first kappa shape index (κ1) is 36.9. The maximum Gasteiger partial charge on any atom is 0.430 e. The molecular weight excluding hydrogens is 658 g/mol. The molecule has 14 heteroatoms. The van der Waals surface area contributed by atoms with Crippen molar-refractivity contribution < 1.29 is 55.2 Å². The Morgan fingerprint density at radius 3 is 2.35 bits per heavy atom. The molecule has 0 spiro atoms. The number of aryl methyl sites for hydroxylation is 1. The number of nitrogens with zero attached hydrogens (tertiary/aromatic N) is 1. The van der Waals surface area contributed by atoms with Gasteiger partial charge in [-0.1, -0.05) is 45.6 Å². The highest BCUT2D eigenvalue weighted by Gasteiger charge is 2.71. The van der Waals surface area contributed by atoms with Gasteiger partial charge in [0.25, 0.3) is 11.5 Å². The summed E-state index contributed by atoms with van der Waals surface area (Å²) in [6.07, 6.45) is -2.76. The van der Waals surface area contributed by atoms with Gasteiger partial charge in [-0.2, -0.15) is 26.3 Å². The third-order valence-corrected chi connectivity index (χ3v) is 10.2. The number of alkyl halides is 6. The summed E-state index contributed by atoms with van der Waals surface area (Å²) in [6, 6.07) is 1.09. The van der Waals surface area contributed by atoms with E-state index in [4.69, 9.17) is 14.2 Å². The molecule has 272 valence electrons. The lowest BCUT2D eigenvalue weighted by Gasteiger charge is -2.36. The van der Waals surface area contributed by atoms with Crippen LogP contribution in [0.25, 0.3) is 0 Å². The molecule has 1 saturated heterocycles. The van der Waals surface area contributed by atoms with Crippen LogP contribution in [0.1, 0.15) is 101 Å². The van der Waals surface area contributed by atoms with E-state index < -0.39 is 35.1 Å². The van der Waals surface area contributed by atoms with E-state index in [9.17, 15) is 41.0 Å². The number of imide groups is 1. The fourth-order valence-electron chi connectivity index (χ4n) is 7.48. The van der Waals surface area contributed by atoms with Crippen LogP contribution < -0.4 is 10.1 Å². The number of benzene rings is 1. The first-order valence-corrected chi connectivity index (χ1v) is 17.1. The Balaban J connectivity index is 1.31. The molecule has 2 aliphatic heterocycles. The molecule has 0 radical (unpaired) electrons. The summed E-state index contributed by atoms with van der Waals surface area (Å²) in [6.45, 7) is 4.58. The Labute approximate surface area is 281 Å². The molecule has 1 aromatic carbocycles. The van der Waals surface area contributed by atoms with Crippen molar-refractivity contribution in [2.45, 2.75) is 114 Å². The lowest BCUT2D eigenvalue weighted by molar-refractivity contribution is -0.376. The Bertz CT molecular complexity index is 1440. The molecular formula is C35H44F6N2O6. The van der Waals surface area contributed by atoms with E-state index in [2.05, 4.69) is 5.32 Å². The number of hydrogen-bond donors (Lipinski definition) is 2. The predicted molar refractivity (Wildman–Crippen MR) is 166 cm³/mol. The number of unbranched alkanes of at least 4 members (excludes halogenated alkanes) is 1. The first-order chi connectivity index (χ1) is 23.2. The predicted octanol–water partition coefficient (Wildman–Crippen LogP) is 7.69. The van der Waals surface area contributed by atoms with E-state index in [-0.39, 0.29) is 54.2 Å². The van der Waals surface area contributed by atoms with Gasteiger partial charge >= 0.3 is 18.4 Å². The van der Waals surface area contributed by atoms with Crippen molar-refractivity contribution in [2.24, 2.45) is 5.92 Å². The van der Waals surface area contributed by atoms with Crippen molar-refractivity contribution in [1.29, 1.82) is 0 Å². The van der Waals surface area contributed by atoms with Crippen LogP contribution >= 0.6 is 0 Å². The van der Waals surface area contributed by atoms with Crippen LogP contribution in [0.4, 0.5) is 31.1 Å². The minimum absolute atomic E-state index is 0.0563. The number of allylic oxidation sites excluding steroid dienone is 2. The fourth-order valence-corrected chi connectivity index (χ4v) is 7.48. The van der Waals surface area contributed by atoms with Gasteiger partial charge in [0.15, 0.2) is 5.76 Å². The molecule has 2 fully saturated rings. The van der Waals surface area contributed by atoms with Crippen LogP contribution in [-0.4, -0.2) is 66.2 Å². The molecule has 2 atom stereocenters. The zero-order valence-electron chi connectivity index (χ0n) is 27.8. The van der Waals surface area contributed by atoms with E-state index in [1.165, 1.54) is 4.90 Å². The topological polar surface area (TPSA) is 97.3 Å². The van der Waals surface area contributed by atoms with Crippen LogP contribution in [0.2, 0.25) is 0 Å². The molecule has 0 bridgehead atoms. The van der Waals surface area contributed by atoms with Gasteiger partial charge in [0, 0.05) is 24.4 Å². The third kappa shape index (κ3) is 6.98. The zero-order valence-corrected chi connectivity index (χ0v) is 27.8. The van der Waals surface area contributed by atoms with Crippen LogP contribution in [-0.2, 0) is 26.3 Å². The largest absolute Gasteiger partial charge is 0.493 e. The molecule has 4 aliphatic rings. The van der Waals surface area contributed by atoms with Crippen molar-refractivity contribution in [3.8, 4) is 5.75 Å². The van der Waals surface area contributed by atoms with Gasteiger partial charge in [-0.3, -0.25) is 9.69 Å². The van der Waals surface area contributed by atoms with Crippen molar-refractivity contribution >= 4 is 11.9 Å². The Morgan fingerprint density at radius 1 is 1.00 bits per heavy atom. The number of carbonyl (C=O) groups excluding carboxylic acids is 2. The molecule has 2 heterocycles. The summed E-state index contributed by atoms with van der Waals surface area (Å²) in [7, 11) is 0. The molecule has 2 N–H and O–H groups in total. The van der Waals surface area contributed by atoms with Gasteiger partial charge in [-0.25, -0.2) is 4.79 Å². The first-order valence-electron chi connectivity index (χ1n) is 17.1. The van der Waals surface area contributed by atoms with Crippen molar-refractivity contribution in [3.63, 3.8) is 0 Å². The van der Waals surface area contributed by atoms with Gasteiger partial charge in [-0.15, -0.1) is 0 Å². The molecule has 0 aromatic heterocycles. The molecule has 1 saturated carbocycles. The van der Waals surface area contributed by atoms with Gasteiger partial charge < -0.3 is 24.6 Å². The highest BCUT2D eigenvalue weighted by molar-refractivity contribution is 6.07. The number of halogens is 6. The van der Waals surface area contributed by atoms with E-state index in [1.807, 2.05) is 13.0 Å². The summed E-state index contributed by atoms with van der Waals surface area (Å²) in [4.78, 5) is 27.9. The minimum atomic E-state index is -6.00. The van der Waals surface area contributed by atoms with Crippen LogP contribution in [0.5, 0.6) is 5.75 Å². The van der Waals surface area contributed by atoms with Crippen molar-refractivity contribution in [3.05, 3.63) is 52.5 Å². The number of ether oxygens (including phenoxy) is 3. The number of rotatable bonds is 12. The highest BCUT2D eigenvalue weighted by Crippen LogP contribution is 2.52. The number of amides is 3. The highest BCUT2D eigenvalue weighted by atomic mass is 19.4. The van der Waals surface area contributed by atoms with Crippen LogP contribution in [0, 0.1) is 5.92 Å². The number of urea groups is 1. The summed E-state index contributed by atoms with van der Waals surface area (Å²) in [5, 5.41) is 13.2. The summed E-state index contributed by atoms with van der Waals surface area (Å²) < 4.78 is 101. The zero-order chi connectivity index (χ0) is 35.6. The van der Waals surface area contributed by atoms with E-state index in [0.29, 0.717) is 69.7 Å². The number of nitrogens with one attached hydrogen (secondary N) is 1. The normalized spacial score (nSPS) is 23.7.